The Morgan fingerprint density at radius 2 is 2.14 bits per heavy atom. The number of benzene rings is 1. The standard InChI is InChI=1S/C13H15ClN2O3S2/c1-2-21(18,19)7-6-16-13(17)12-11(15)10-8(14)4-3-5-9(10)20-12/h3-5H,2,6-7,15H2,1H3,(H,16,17). The molecule has 1 amide bonds. The molecule has 0 aliphatic rings. The van der Waals surface area contributed by atoms with Crippen LogP contribution in [0.2, 0.25) is 5.02 Å². The molecular weight excluding hydrogens is 332 g/mol. The fourth-order valence-corrected chi connectivity index (χ4v) is 3.94. The predicted octanol–water partition coefficient (Wildman–Crippen LogP) is 2.30. The number of hydrogen-bond donors (Lipinski definition) is 2. The summed E-state index contributed by atoms with van der Waals surface area (Å²) in [5, 5.41) is 3.74. The van der Waals surface area contributed by atoms with Crippen LogP contribution >= 0.6 is 22.9 Å². The van der Waals surface area contributed by atoms with Crippen molar-refractivity contribution >= 4 is 54.5 Å². The maximum atomic E-state index is 12.1. The highest BCUT2D eigenvalue weighted by Crippen LogP contribution is 2.37. The monoisotopic (exact) mass is 346 g/mol. The van der Waals surface area contributed by atoms with Gasteiger partial charge < -0.3 is 11.1 Å². The average Bonchev–Trinajstić information content (AvgIpc) is 2.77. The van der Waals surface area contributed by atoms with Gasteiger partial charge >= 0.3 is 0 Å². The van der Waals surface area contributed by atoms with E-state index in [0.29, 0.717) is 21.0 Å². The van der Waals surface area contributed by atoms with Gasteiger partial charge in [-0.25, -0.2) is 8.42 Å². The van der Waals surface area contributed by atoms with Crippen LogP contribution < -0.4 is 11.1 Å². The lowest BCUT2D eigenvalue weighted by Crippen LogP contribution is -2.29. The normalized spacial score (nSPS) is 11.7. The van der Waals surface area contributed by atoms with Crippen molar-refractivity contribution in [2.45, 2.75) is 6.92 Å². The van der Waals surface area contributed by atoms with Crippen LogP contribution in [-0.4, -0.2) is 32.4 Å². The number of halogens is 1. The Hall–Kier alpha value is -1.31. The van der Waals surface area contributed by atoms with E-state index in [9.17, 15) is 13.2 Å². The molecule has 0 aliphatic heterocycles. The van der Waals surface area contributed by atoms with E-state index >= 15 is 0 Å². The van der Waals surface area contributed by atoms with Crippen molar-refractivity contribution in [2.24, 2.45) is 0 Å². The smallest absolute Gasteiger partial charge is 0.263 e. The fraction of sp³-hybridized carbons (Fsp3) is 0.308. The molecule has 8 heteroatoms. The lowest BCUT2D eigenvalue weighted by Gasteiger charge is -2.04. The topological polar surface area (TPSA) is 89.3 Å². The van der Waals surface area contributed by atoms with Crippen LogP contribution in [0.1, 0.15) is 16.6 Å². The summed E-state index contributed by atoms with van der Waals surface area (Å²) < 4.78 is 23.6. The summed E-state index contributed by atoms with van der Waals surface area (Å²) in [6, 6.07) is 5.33. The first-order valence-electron chi connectivity index (χ1n) is 6.31. The number of nitrogens with two attached hydrogens (primary N) is 1. The van der Waals surface area contributed by atoms with Crippen LogP contribution in [0.15, 0.2) is 18.2 Å². The number of anilines is 1. The number of carbonyl (C=O) groups excluding carboxylic acids is 1. The van der Waals surface area contributed by atoms with E-state index in [-0.39, 0.29) is 24.0 Å². The van der Waals surface area contributed by atoms with E-state index in [1.165, 1.54) is 11.3 Å². The zero-order valence-electron chi connectivity index (χ0n) is 11.3. The van der Waals surface area contributed by atoms with Gasteiger partial charge in [-0.2, -0.15) is 0 Å². The second-order valence-electron chi connectivity index (χ2n) is 4.45. The van der Waals surface area contributed by atoms with Crippen molar-refractivity contribution in [2.75, 3.05) is 23.8 Å². The summed E-state index contributed by atoms with van der Waals surface area (Å²) in [5.74, 6) is -0.402. The van der Waals surface area contributed by atoms with Crippen LogP contribution in [0.25, 0.3) is 10.1 Å². The number of hydrogen-bond acceptors (Lipinski definition) is 5. The largest absolute Gasteiger partial charge is 0.397 e. The molecule has 0 fully saturated rings. The minimum Gasteiger partial charge on any atom is -0.397 e. The van der Waals surface area contributed by atoms with Crippen LogP contribution in [-0.2, 0) is 9.84 Å². The fourth-order valence-electron chi connectivity index (χ4n) is 1.84. The molecule has 0 saturated heterocycles. The van der Waals surface area contributed by atoms with Gasteiger partial charge in [0.25, 0.3) is 5.91 Å². The second-order valence-corrected chi connectivity index (χ2v) is 8.38. The average molecular weight is 347 g/mol. The summed E-state index contributed by atoms with van der Waals surface area (Å²) in [6.07, 6.45) is 0. The molecule has 3 N–H and O–H groups in total. The Kier molecular flexibility index (Phi) is 4.75. The van der Waals surface area contributed by atoms with E-state index in [1.807, 2.05) is 6.07 Å². The first-order chi connectivity index (χ1) is 9.85. The van der Waals surface area contributed by atoms with E-state index in [4.69, 9.17) is 17.3 Å². The van der Waals surface area contributed by atoms with Gasteiger partial charge in [0.1, 0.15) is 4.88 Å². The third-order valence-corrected chi connectivity index (χ3v) is 6.24. The van der Waals surface area contributed by atoms with Gasteiger partial charge in [0.15, 0.2) is 9.84 Å². The van der Waals surface area contributed by atoms with Crippen molar-refractivity contribution in [3.8, 4) is 0 Å². The molecule has 1 heterocycles. The van der Waals surface area contributed by atoms with Crippen molar-refractivity contribution in [1.82, 2.24) is 5.32 Å². The molecule has 114 valence electrons. The molecule has 5 nitrogen and oxygen atoms in total. The Morgan fingerprint density at radius 3 is 2.76 bits per heavy atom. The molecule has 0 spiro atoms. The van der Waals surface area contributed by atoms with Gasteiger partial charge in [-0.15, -0.1) is 11.3 Å². The first-order valence-corrected chi connectivity index (χ1v) is 9.32. The van der Waals surface area contributed by atoms with Crippen molar-refractivity contribution < 1.29 is 13.2 Å². The maximum Gasteiger partial charge on any atom is 0.263 e. The van der Waals surface area contributed by atoms with E-state index in [0.717, 1.165) is 4.70 Å². The van der Waals surface area contributed by atoms with E-state index in [2.05, 4.69) is 5.32 Å². The van der Waals surface area contributed by atoms with Crippen LogP contribution in [0.5, 0.6) is 0 Å². The maximum absolute atomic E-state index is 12.1. The quantitative estimate of drug-likeness (QED) is 0.869. The van der Waals surface area contributed by atoms with Gasteiger partial charge in [-0.05, 0) is 12.1 Å². The third kappa shape index (κ3) is 3.48. The van der Waals surface area contributed by atoms with Crippen LogP contribution in [0.4, 0.5) is 5.69 Å². The molecule has 2 aromatic rings. The predicted molar refractivity (Wildman–Crippen MR) is 87.9 cm³/mol. The lowest BCUT2D eigenvalue weighted by atomic mass is 10.2. The molecular formula is C13H15ClN2O3S2. The SMILES string of the molecule is CCS(=O)(=O)CCNC(=O)c1sc2cccc(Cl)c2c1N. The number of sulfone groups is 1. The highest BCUT2D eigenvalue weighted by molar-refractivity contribution is 7.91. The number of nitrogen functional groups attached to an aromatic ring is 1. The number of thiophene rings is 1. The summed E-state index contributed by atoms with van der Waals surface area (Å²) in [6.45, 7) is 1.64. The molecule has 0 bridgehead atoms. The van der Waals surface area contributed by atoms with Gasteiger partial charge in [-0.3, -0.25) is 4.79 Å². The molecule has 21 heavy (non-hydrogen) atoms. The number of amides is 1. The summed E-state index contributed by atoms with van der Waals surface area (Å²) >= 11 is 7.32. The summed E-state index contributed by atoms with van der Waals surface area (Å²) in [4.78, 5) is 12.5. The Bertz CT molecular complexity index is 784. The van der Waals surface area contributed by atoms with Gasteiger partial charge in [0.05, 0.1) is 16.5 Å². The Morgan fingerprint density at radius 1 is 1.43 bits per heavy atom. The molecule has 0 aliphatic carbocycles. The number of nitrogens with one attached hydrogen (secondary N) is 1. The minimum atomic E-state index is -3.10. The number of rotatable bonds is 5. The van der Waals surface area contributed by atoms with Gasteiger partial charge in [0.2, 0.25) is 0 Å². The molecule has 1 aromatic carbocycles. The molecule has 0 unspecified atom stereocenters. The molecule has 0 radical (unpaired) electrons. The molecule has 2 rings (SSSR count). The number of carbonyl (C=O) groups is 1. The summed E-state index contributed by atoms with van der Waals surface area (Å²) in [5.41, 5.74) is 6.30. The van der Waals surface area contributed by atoms with Crippen LogP contribution in [0, 0.1) is 0 Å². The second kappa shape index (κ2) is 6.21. The van der Waals surface area contributed by atoms with Gasteiger partial charge in [-0.1, -0.05) is 24.6 Å². The van der Waals surface area contributed by atoms with Crippen molar-refractivity contribution in [3.63, 3.8) is 0 Å². The summed E-state index contributed by atoms with van der Waals surface area (Å²) in [7, 11) is -3.10. The zero-order chi connectivity index (χ0) is 15.6. The van der Waals surface area contributed by atoms with E-state index in [1.54, 1.807) is 19.1 Å². The molecule has 0 saturated carbocycles. The lowest BCUT2D eigenvalue weighted by molar-refractivity contribution is 0.0961. The third-order valence-electron chi connectivity index (χ3n) is 3.05. The zero-order valence-corrected chi connectivity index (χ0v) is 13.7. The number of fused-ring (bicyclic) bond motifs is 1. The molecule has 1 aromatic heterocycles. The highest BCUT2D eigenvalue weighted by atomic mass is 35.5. The van der Waals surface area contributed by atoms with Crippen molar-refractivity contribution in [3.05, 3.63) is 28.1 Å². The first kappa shape index (κ1) is 16.1. The Labute approximate surface area is 132 Å². The molecule has 0 atom stereocenters. The van der Waals surface area contributed by atoms with Crippen LogP contribution in [0.3, 0.4) is 0 Å². The van der Waals surface area contributed by atoms with Crippen molar-refractivity contribution in [1.29, 1.82) is 0 Å². The highest BCUT2D eigenvalue weighted by Gasteiger charge is 2.18. The van der Waals surface area contributed by atoms with Gasteiger partial charge in [0, 0.05) is 22.4 Å². The minimum absolute atomic E-state index is 0.0590. The Balaban J connectivity index is 2.17. The van der Waals surface area contributed by atoms with E-state index < -0.39 is 9.84 Å².